The van der Waals surface area contributed by atoms with Gasteiger partial charge < -0.3 is 18.4 Å². The lowest BCUT2D eigenvalue weighted by molar-refractivity contribution is 0.436. The molecule has 0 bridgehead atoms. The van der Waals surface area contributed by atoms with Gasteiger partial charge in [0.05, 0.1) is 61.5 Å². The minimum Gasteiger partial charge on any atom is -0.457 e. The van der Waals surface area contributed by atoms with Crippen molar-refractivity contribution in [2.24, 2.45) is 0 Å². The molecule has 79 heavy (non-hydrogen) atoms. The molecular formula is C72H42N6O. The number of para-hydroxylation sites is 4. The Morgan fingerprint density at radius 3 is 1.23 bits per heavy atom. The fourth-order valence-corrected chi connectivity index (χ4v) is 13.5. The highest BCUT2D eigenvalue weighted by molar-refractivity contribution is 6.13. The average molecular weight is 1010 g/mol. The van der Waals surface area contributed by atoms with Crippen molar-refractivity contribution in [3.63, 3.8) is 0 Å². The maximum absolute atomic E-state index is 10.0. The normalized spacial score (nSPS) is 13.0. The molecule has 0 fully saturated rings. The van der Waals surface area contributed by atoms with Gasteiger partial charge in [-0.3, -0.25) is 9.97 Å². The van der Waals surface area contributed by atoms with Crippen LogP contribution in [0, 0.1) is 11.3 Å². The summed E-state index contributed by atoms with van der Waals surface area (Å²) >= 11 is 0. The lowest BCUT2D eigenvalue weighted by atomic mass is 9.66. The Labute approximate surface area is 453 Å². The Morgan fingerprint density at radius 1 is 0.329 bits per heavy atom. The zero-order valence-corrected chi connectivity index (χ0v) is 42.3. The first-order valence-corrected chi connectivity index (χ1v) is 26.7. The van der Waals surface area contributed by atoms with Crippen molar-refractivity contribution in [3.8, 4) is 68.3 Å². The number of fused-ring (bicyclic) bond motifs is 18. The molecule has 0 radical (unpaired) electrons. The number of aromatic nitrogens is 5. The third-order valence-corrected chi connectivity index (χ3v) is 16.8. The highest BCUT2D eigenvalue weighted by atomic mass is 16.5. The van der Waals surface area contributed by atoms with E-state index in [-0.39, 0.29) is 0 Å². The summed E-state index contributed by atoms with van der Waals surface area (Å²) in [7, 11) is 0. The van der Waals surface area contributed by atoms with Gasteiger partial charge in [0.25, 0.3) is 0 Å². The van der Waals surface area contributed by atoms with Crippen LogP contribution in [0.4, 0.5) is 0 Å². The molecule has 7 nitrogen and oxygen atoms in total. The molecule has 1 aliphatic carbocycles. The number of rotatable bonds is 5. The standard InChI is InChI=1S/C72H42N6O/c73-43-44-22-33-65-55(38-44)57-40-46(26-35-67(57)76(65)49-12-2-1-3-13-49)48-24-32-59-69(42-48)79-68-41-47(23-31-58(68)72(59)60-17-10-36-74-70(60)71-61(72)18-11-37-75-71)45-25-34-66-56(39-45)54-16-6-9-21-64(54)78(66)51-29-27-50(28-30-51)77-62-19-7-4-14-52(62)53-15-5-8-20-63(53)77/h1-42H. The predicted molar refractivity (Wildman–Crippen MR) is 318 cm³/mol. The van der Waals surface area contributed by atoms with Crippen molar-refractivity contribution in [2.45, 2.75) is 5.41 Å². The van der Waals surface area contributed by atoms with Gasteiger partial charge >= 0.3 is 0 Å². The van der Waals surface area contributed by atoms with E-state index in [4.69, 9.17) is 14.7 Å². The number of ether oxygens (including phenoxy) is 1. The first kappa shape index (κ1) is 43.4. The van der Waals surface area contributed by atoms with Gasteiger partial charge in [0, 0.05) is 72.9 Å². The van der Waals surface area contributed by atoms with Crippen LogP contribution in [-0.4, -0.2) is 23.7 Å². The van der Waals surface area contributed by atoms with Crippen LogP contribution in [0.3, 0.4) is 0 Å². The SMILES string of the molecule is N#Cc1ccc2c(c1)c1cc(-c3ccc4c(c3)Oc3cc(-c5ccc6c(c5)c5ccccc5n6-c5ccc(-n6c7ccccc7c7ccccc76)cc5)ccc3C43c4cccnc4-c4ncccc43)ccc1n2-c1ccccc1. The van der Waals surface area contributed by atoms with E-state index in [1.54, 1.807) is 0 Å². The number of nitriles is 1. The molecule has 0 saturated carbocycles. The van der Waals surface area contributed by atoms with Crippen molar-refractivity contribution in [2.75, 3.05) is 0 Å². The molecule has 0 N–H and O–H groups in total. The van der Waals surface area contributed by atoms with Crippen LogP contribution in [0.15, 0.2) is 255 Å². The van der Waals surface area contributed by atoms with Crippen molar-refractivity contribution in [1.82, 2.24) is 23.7 Å². The highest BCUT2D eigenvalue weighted by Crippen LogP contribution is 2.62. The summed E-state index contributed by atoms with van der Waals surface area (Å²) in [6.45, 7) is 0. The monoisotopic (exact) mass is 1010 g/mol. The molecule has 15 aromatic rings. The maximum atomic E-state index is 10.0. The van der Waals surface area contributed by atoms with Gasteiger partial charge in [0.15, 0.2) is 0 Å². The quantitative estimate of drug-likeness (QED) is 0.172. The number of pyridine rings is 2. The molecule has 366 valence electrons. The zero-order valence-electron chi connectivity index (χ0n) is 42.3. The first-order chi connectivity index (χ1) is 39.1. The van der Waals surface area contributed by atoms with Gasteiger partial charge in [-0.15, -0.1) is 0 Å². The van der Waals surface area contributed by atoms with Crippen LogP contribution in [0.25, 0.3) is 116 Å². The number of nitrogens with zero attached hydrogens (tertiary/aromatic N) is 6. The summed E-state index contributed by atoms with van der Waals surface area (Å²) in [6, 6.07) is 89.2. The summed E-state index contributed by atoms with van der Waals surface area (Å²) in [5.41, 5.74) is 20.2. The highest BCUT2D eigenvalue weighted by Gasteiger charge is 2.52. The van der Waals surface area contributed by atoms with Gasteiger partial charge in [0.1, 0.15) is 11.5 Å². The number of hydrogen-bond donors (Lipinski definition) is 0. The smallest absolute Gasteiger partial charge is 0.132 e. The summed E-state index contributed by atoms with van der Waals surface area (Å²) in [5, 5.41) is 17.0. The fourth-order valence-electron chi connectivity index (χ4n) is 13.5. The van der Waals surface area contributed by atoms with E-state index in [2.05, 4.69) is 232 Å². The Bertz CT molecular complexity index is 5030. The second-order valence-corrected chi connectivity index (χ2v) is 20.8. The first-order valence-electron chi connectivity index (χ1n) is 26.7. The predicted octanol–water partition coefficient (Wildman–Crippen LogP) is 17.4. The topological polar surface area (TPSA) is 73.6 Å². The molecule has 17 rings (SSSR count). The van der Waals surface area contributed by atoms with E-state index >= 15 is 0 Å². The van der Waals surface area contributed by atoms with Crippen molar-refractivity contribution >= 4 is 65.4 Å². The van der Waals surface area contributed by atoms with Gasteiger partial charge in [-0.05, 0) is 155 Å². The number of benzene rings is 10. The molecule has 7 heteroatoms. The van der Waals surface area contributed by atoms with Crippen molar-refractivity contribution in [3.05, 3.63) is 283 Å². The summed E-state index contributed by atoms with van der Waals surface area (Å²) in [4.78, 5) is 10.0. The molecule has 1 spiro atoms. The van der Waals surface area contributed by atoms with E-state index in [0.29, 0.717) is 5.56 Å². The van der Waals surface area contributed by atoms with Gasteiger partial charge in [-0.25, -0.2) is 0 Å². The minimum absolute atomic E-state index is 0.626. The van der Waals surface area contributed by atoms with Crippen molar-refractivity contribution in [1.29, 1.82) is 5.26 Å². The molecule has 5 aromatic heterocycles. The fraction of sp³-hybridized carbons (Fsp3) is 0.0139. The molecule has 0 saturated heterocycles. The van der Waals surface area contributed by atoms with Crippen LogP contribution < -0.4 is 4.74 Å². The molecule has 1 aliphatic heterocycles. The van der Waals surface area contributed by atoms with Crippen LogP contribution in [0.2, 0.25) is 0 Å². The third kappa shape index (κ3) is 6.05. The summed E-state index contributed by atoms with van der Waals surface area (Å²) < 4.78 is 14.3. The maximum Gasteiger partial charge on any atom is 0.132 e. The van der Waals surface area contributed by atoms with Crippen LogP contribution >= 0.6 is 0 Å². The third-order valence-electron chi connectivity index (χ3n) is 16.8. The van der Waals surface area contributed by atoms with Gasteiger partial charge in [-0.1, -0.05) is 121 Å². The lowest BCUT2D eigenvalue weighted by Gasteiger charge is -2.39. The summed E-state index contributed by atoms with van der Waals surface area (Å²) in [6.07, 6.45) is 3.73. The molecule has 2 aliphatic rings. The second kappa shape index (κ2) is 16.3. The lowest BCUT2D eigenvalue weighted by Crippen LogP contribution is -2.32. The second-order valence-electron chi connectivity index (χ2n) is 20.8. The largest absolute Gasteiger partial charge is 0.457 e. The van der Waals surface area contributed by atoms with Crippen LogP contribution in [0.5, 0.6) is 11.5 Å². The minimum atomic E-state index is -0.748. The number of hydrogen-bond acceptors (Lipinski definition) is 4. The summed E-state index contributed by atoms with van der Waals surface area (Å²) in [5.74, 6) is 1.56. The average Bonchev–Trinajstić information content (AvgIpc) is 4.44. The van der Waals surface area contributed by atoms with E-state index in [1.807, 2.05) is 42.7 Å². The van der Waals surface area contributed by atoms with E-state index in [0.717, 1.165) is 117 Å². The zero-order chi connectivity index (χ0) is 51.9. The molecule has 10 aromatic carbocycles. The van der Waals surface area contributed by atoms with E-state index < -0.39 is 5.41 Å². The van der Waals surface area contributed by atoms with Gasteiger partial charge in [0.2, 0.25) is 0 Å². The Hall–Kier alpha value is -10.8. The molecule has 6 heterocycles. The van der Waals surface area contributed by atoms with Crippen molar-refractivity contribution < 1.29 is 4.74 Å². The Morgan fingerprint density at radius 2 is 0.722 bits per heavy atom. The van der Waals surface area contributed by atoms with E-state index in [9.17, 15) is 5.26 Å². The van der Waals surface area contributed by atoms with Crippen LogP contribution in [-0.2, 0) is 5.41 Å². The Kier molecular flexibility index (Phi) is 8.99. The van der Waals surface area contributed by atoms with Gasteiger partial charge in [-0.2, -0.15) is 5.26 Å². The molecule has 0 atom stereocenters. The molecule has 0 unspecified atom stereocenters. The molecule has 0 amide bonds. The molecular weight excluding hydrogens is 965 g/mol. The van der Waals surface area contributed by atoms with Crippen LogP contribution in [0.1, 0.15) is 27.8 Å². The Balaban J connectivity index is 0.805. The van der Waals surface area contributed by atoms with E-state index in [1.165, 1.54) is 32.6 Å².